The smallest absolute Gasteiger partial charge is 0.456 e. The Morgan fingerprint density at radius 1 is 1.09 bits per heavy atom. The fraction of sp³-hybridized carbons (Fsp3) is 0.481. The number of amides is 1. The Kier molecular flexibility index (Phi) is 5.50. The average molecular weight is 458 g/mol. The van der Waals surface area contributed by atoms with Crippen molar-refractivity contribution in [3.05, 3.63) is 47.5 Å². The zero-order valence-corrected chi connectivity index (χ0v) is 20.6. The van der Waals surface area contributed by atoms with Crippen LogP contribution in [0.25, 0.3) is 0 Å². The zero-order chi connectivity index (χ0) is 24.3. The van der Waals surface area contributed by atoms with Crippen molar-refractivity contribution in [2.24, 2.45) is 5.92 Å². The molecule has 2 aliphatic heterocycles. The van der Waals surface area contributed by atoms with Crippen molar-refractivity contribution < 1.29 is 18.8 Å². The van der Waals surface area contributed by atoms with Crippen LogP contribution in [0.2, 0.25) is 0 Å². The molecule has 3 aliphatic rings. The number of hydrogen-bond acceptors (Lipinski definition) is 5. The van der Waals surface area contributed by atoms with Gasteiger partial charge in [-0.2, -0.15) is 5.26 Å². The Morgan fingerprint density at radius 3 is 2.41 bits per heavy atom. The molecule has 0 aromatic heterocycles. The van der Waals surface area contributed by atoms with Gasteiger partial charge in [0.05, 0.1) is 22.5 Å². The largest absolute Gasteiger partial charge is 0.498 e. The first-order valence-electron chi connectivity index (χ1n) is 12.1. The van der Waals surface area contributed by atoms with Gasteiger partial charge in [0.15, 0.2) is 0 Å². The number of benzene rings is 2. The number of nitrogens with zero attached hydrogens (tertiary/aromatic N) is 2. The van der Waals surface area contributed by atoms with Crippen molar-refractivity contribution in [1.82, 2.24) is 0 Å². The van der Waals surface area contributed by atoms with Crippen molar-refractivity contribution in [2.45, 2.75) is 77.5 Å². The van der Waals surface area contributed by atoms with E-state index in [-0.39, 0.29) is 17.9 Å². The highest BCUT2D eigenvalue weighted by Crippen LogP contribution is 2.43. The summed E-state index contributed by atoms with van der Waals surface area (Å²) in [7, 11) is -0.619. The lowest BCUT2D eigenvalue weighted by atomic mass is 9.76. The van der Waals surface area contributed by atoms with Gasteiger partial charge < -0.3 is 18.9 Å². The van der Waals surface area contributed by atoms with Gasteiger partial charge in [-0.3, -0.25) is 4.79 Å². The molecule has 6 nitrogen and oxygen atoms in total. The maximum Gasteiger partial charge on any atom is 0.498 e. The fourth-order valence-corrected chi connectivity index (χ4v) is 4.72. The molecule has 1 amide bonds. The fourth-order valence-electron chi connectivity index (χ4n) is 4.72. The molecule has 1 saturated heterocycles. The minimum absolute atomic E-state index is 0.125. The van der Waals surface area contributed by atoms with Gasteiger partial charge >= 0.3 is 7.12 Å². The van der Waals surface area contributed by atoms with Gasteiger partial charge in [-0.15, -0.1) is 0 Å². The summed E-state index contributed by atoms with van der Waals surface area (Å²) in [4.78, 5) is 15.2. The number of anilines is 1. The molecule has 1 aliphatic carbocycles. The van der Waals surface area contributed by atoms with E-state index < -0.39 is 18.3 Å². The van der Waals surface area contributed by atoms with Crippen LogP contribution in [-0.2, 0) is 20.5 Å². The first-order chi connectivity index (χ1) is 16.1. The van der Waals surface area contributed by atoms with Gasteiger partial charge in [0.2, 0.25) is 5.91 Å². The molecule has 176 valence electrons. The Hall–Kier alpha value is -2.82. The number of para-hydroxylation sites is 1. The number of ether oxygens (including phenoxy) is 1. The standard InChI is InChI=1S/C27H31BN2O4/c1-17-10-13-20-22(30(17)25(31)18-11-12-18)15-14-21(28-33-26(2,3)27(4,5)34-28)24(20)32-23-9-7-6-8-19(23)16-29/h6-9,14-15,17-18H,10-13H2,1-5H3/t17-/m0/s1. The number of carbonyl (C=O) groups is 1. The van der Waals surface area contributed by atoms with E-state index in [0.717, 1.165) is 42.4 Å². The SMILES string of the molecule is C[C@H]1CCc2c(ccc(B3OC(C)(C)C(C)(C)O3)c2Oc2ccccc2C#N)N1C(=O)C1CC1. The van der Waals surface area contributed by atoms with Gasteiger partial charge in [0, 0.05) is 23.0 Å². The highest BCUT2D eigenvalue weighted by molar-refractivity contribution is 6.63. The van der Waals surface area contributed by atoms with Crippen LogP contribution in [0.4, 0.5) is 5.69 Å². The lowest BCUT2D eigenvalue weighted by Gasteiger charge is -2.37. The van der Waals surface area contributed by atoms with Crippen molar-refractivity contribution in [3.8, 4) is 17.6 Å². The maximum absolute atomic E-state index is 13.2. The van der Waals surface area contributed by atoms with E-state index in [9.17, 15) is 10.1 Å². The number of nitriles is 1. The zero-order valence-electron chi connectivity index (χ0n) is 20.6. The third-order valence-electron chi connectivity index (χ3n) is 7.67. The van der Waals surface area contributed by atoms with Gasteiger partial charge in [0.1, 0.15) is 17.6 Å². The molecule has 0 spiro atoms. The first-order valence-corrected chi connectivity index (χ1v) is 12.1. The molecule has 0 unspecified atom stereocenters. The van der Waals surface area contributed by atoms with E-state index >= 15 is 0 Å². The Balaban J connectivity index is 1.64. The summed E-state index contributed by atoms with van der Waals surface area (Å²) in [6.07, 6.45) is 3.53. The molecular formula is C27H31BN2O4. The predicted octanol–water partition coefficient (Wildman–Crippen LogP) is 4.73. The molecule has 34 heavy (non-hydrogen) atoms. The predicted molar refractivity (Wildman–Crippen MR) is 131 cm³/mol. The van der Waals surface area contributed by atoms with Crippen LogP contribution in [0.1, 0.15) is 65.0 Å². The van der Waals surface area contributed by atoms with Crippen LogP contribution in [0, 0.1) is 17.2 Å². The van der Waals surface area contributed by atoms with Crippen LogP contribution >= 0.6 is 0 Å². The number of fused-ring (bicyclic) bond motifs is 1. The van der Waals surface area contributed by atoms with E-state index in [2.05, 4.69) is 13.0 Å². The van der Waals surface area contributed by atoms with Crippen molar-refractivity contribution in [2.75, 3.05) is 4.90 Å². The second-order valence-corrected chi connectivity index (χ2v) is 10.7. The van der Waals surface area contributed by atoms with E-state index in [1.54, 1.807) is 12.1 Å². The summed E-state index contributed by atoms with van der Waals surface area (Å²) >= 11 is 0. The van der Waals surface area contributed by atoms with Crippen molar-refractivity contribution in [3.63, 3.8) is 0 Å². The molecule has 1 saturated carbocycles. The van der Waals surface area contributed by atoms with E-state index in [1.165, 1.54) is 0 Å². The number of carbonyl (C=O) groups excluding carboxylic acids is 1. The third kappa shape index (κ3) is 3.79. The average Bonchev–Trinajstić information content (AvgIpc) is 3.60. The highest BCUT2D eigenvalue weighted by Gasteiger charge is 2.53. The summed E-state index contributed by atoms with van der Waals surface area (Å²) in [6, 6.07) is 13.5. The molecule has 0 bridgehead atoms. The summed E-state index contributed by atoms with van der Waals surface area (Å²) in [5.41, 5.74) is 2.08. The second-order valence-electron chi connectivity index (χ2n) is 10.7. The lowest BCUT2D eigenvalue weighted by Crippen LogP contribution is -2.44. The van der Waals surface area contributed by atoms with Crippen molar-refractivity contribution >= 4 is 24.2 Å². The van der Waals surface area contributed by atoms with Crippen LogP contribution < -0.4 is 15.1 Å². The minimum Gasteiger partial charge on any atom is -0.456 e. The van der Waals surface area contributed by atoms with E-state index in [1.807, 2.05) is 56.9 Å². The molecule has 0 N–H and O–H groups in total. The summed E-state index contributed by atoms with van der Waals surface area (Å²) in [6.45, 7) is 10.2. The van der Waals surface area contributed by atoms with Crippen LogP contribution in [-0.4, -0.2) is 30.3 Å². The monoisotopic (exact) mass is 458 g/mol. The molecule has 2 aromatic rings. The second kappa shape index (κ2) is 8.14. The highest BCUT2D eigenvalue weighted by atomic mass is 16.7. The molecule has 1 atom stereocenters. The van der Waals surface area contributed by atoms with E-state index in [4.69, 9.17) is 14.0 Å². The summed E-state index contributed by atoms with van der Waals surface area (Å²) in [5, 5.41) is 9.64. The number of rotatable bonds is 4. The molecule has 5 rings (SSSR count). The summed E-state index contributed by atoms with van der Waals surface area (Å²) in [5.74, 6) is 1.43. The topological polar surface area (TPSA) is 71.8 Å². The molecule has 2 heterocycles. The van der Waals surface area contributed by atoms with Gasteiger partial charge in [0.25, 0.3) is 0 Å². The summed E-state index contributed by atoms with van der Waals surface area (Å²) < 4.78 is 19.2. The minimum atomic E-state index is -0.619. The first kappa shape index (κ1) is 23.0. The molecule has 2 fully saturated rings. The molecule has 2 aromatic carbocycles. The molecule has 0 radical (unpaired) electrons. The van der Waals surface area contributed by atoms with E-state index in [0.29, 0.717) is 17.1 Å². The molecular weight excluding hydrogens is 427 g/mol. The lowest BCUT2D eigenvalue weighted by molar-refractivity contribution is -0.120. The maximum atomic E-state index is 13.2. The Bertz CT molecular complexity index is 1170. The third-order valence-corrected chi connectivity index (χ3v) is 7.67. The quantitative estimate of drug-likeness (QED) is 0.620. The normalized spacial score (nSPS) is 22.8. The van der Waals surface area contributed by atoms with Gasteiger partial charge in [-0.1, -0.05) is 18.2 Å². The van der Waals surface area contributed by atoms with Crippen LogP contribution in [0.3, 0.4) is 0 Å². The Labute approximate surface area is 201 Å². The molecule has 7 heteroatoms. The van der Waals surface area contributed by atoms with Crippen LogP contribution in [0.15, 0.2) is 36.4 Å². The number of hydrogen-bond donors (Lipinski definition) is 0. The Morgan fingerprint density at radius 2 is 1.76 bits per heavy atom. The van der Waals surface area contributed by atoms with Crippen molar-refractivity contribution in [1.29, 1.82) is 5.26 Å². The van der Waals surface area contributed by atoms with Gasteiger partial charge in [-0.05, 0) is 78.5 Å². The van der Waals surface area contributed by atoms with Gasteiger partial charge in [-0.25, -0.2) is 0 Å². The van der Waals surface area contributed by atoms with Crippen LogP contribution in [0.5, 0.6) is 11.5 Å².